The molecule has 1 aromatic heterocycles. The monoisotopic (exact) mass is 528 g/mol. The summed E-state index contributed by atoms with van der Waals surface area (Å²) in [5.74, 6) is 1.81. The van der Waals surface area contributed by atoms with Crippen LogP contribution in [0.2, 0.25) is 0 Å². The highest BCUT2D eigenvalue weighted by atomic mass is 32.2. The van der Waals surface area contributed by atoms with Gasteiger partial charge in [-0.25, -0.2) is 0 Å². The molecule has 2 aliphatic heterocycles. The van der Waals surface area contributed by atoms with Crippen LogP contribution >= 0.6 is 11.8 Å². The molecule has 0 radical (unpaired) electrons. The van der Waals surface area contributed by atoms with Gasteiger partial charge in [0, 0.05) is 28.5 Å². The Hall–Kier alpha value is -3.82. The summed E-state index contributed by atoms with van der Waals surface area (Å²) in [6.07, 6.45) is 0.678. The molecule has 8 nitrogen and oxygen atoms in total. The van der Waals surface area contributed by atoms with Crippen LogP contribution < -0.4 is 15.4 Å². The number of aromatic nitrogens is 2. The zero-order chi connectivity index (χ0) is 26.1. The maximum absolute atomic E-state index is 12.6. The first kappa shape index (κ1) is 24.5. The van der Waals surface area contributed by atoms with Crippen LogP contribution in [-0.2, 0) is 15.3 Å². The average molecular weight is 529 g/mol. The molecule has 0 unspecified atom stereocenters. The van der Waals surface area contributed by atoms with E-state index in [0.29, 0.717) is 23.3 Å². The van der Waals surface area contributed by atoms with Crippen molar-refractivity contribution in [1.82, 2.24) is 15.5 Å². The molecule has 0 bridgehead atoms. The molecular weight excluding hydrogens is 500 g/mol. The van der Waals surface area contributed by atoms with E-state index in [9.17, 15) is 4.79 Å². The molecule has 0 aliphatic carbocycles. The van der Waals surface area contributed by atoms with Crippen LogP contribution in [0.25, 0.3) is 11.5 Å². The predicted octanol–water partition coefficient (Wildman–Crippen LogP) is 5.19. The molecule has 1 fully saturated rings. The number of nitrogens with one attached hydrogen (secondary N) is 2. The maximum Gasteiger partial charge on any atom is 0.322 e. The van der Waals surface area contributed by atoms with Gasteiger partial charge < -0.3 is 19.2 Å². The Labute approximate surface area is 225 Å². The predicted molar refractivity (Wildman–Crippen MR) is 145 cm³/mol. The normalized spacial score (nSPS) is 21.7. The Morgan fingerprint density at radius 2 is 1.87 bits per heavy atom. The fourth-order valence-electron chi connectivity index (χ4n) is 5.48. The maximum atomic E-state index is 12.6. The lowest BCUT2D eigenvalue weighted by molar-refractivity contribution is -0.144. The number of fused-ring (bicyclic) bond motifs is 3. The van der Waals surface area contributed by atoms with Gasteiger partial charge in [0.25, 0.3) is 5.22 Å². The molecule has 9 heteroatoms. The largest absolute Gasteiger partial charge is 0.496 e. The van der Waals surface area contributed by atoms with E-state index in [1.807, 2.05) is 42.5 Å². The van der Waals surface area contributed by atoms with Crippen molar-refractivity contribution in [3.8, 4) is 17.2 Å². The third-order valence-electron chi connectivity index (χ3n) is 7.27. The lowest BCUT2D eigenvalue weighted by Crippen LogP contribution is -2.52. The summed E-state index contributed by atoms with van der Waals surface area (Å²) >= 11 is 1.46. The smallest absolute Gasteiger partial charge is 0.322 e. The molecule has 0 spiro atoms. The lowest BCUT2D eigenvalue weighted by atomic mass is 9.79. The molecule has 2 N–H and O–H groups in total. The molecule has 4 atom stereocenters. The number of carbonyl (C=O) groups is 1. The van der Waals surface area contributed by atoms with Crippen molar-refractivity contribution < 1.29 is 18.7 Å². The second kappa shape index (κ2) is 10.5. The molecule has 38 heavy (non-hydrogen) atoms. The van der Waals surface area contributed by atoms with Crippen LogP contribution in [-0.4, -0.2) is 42.5 Å². The van der Waals surface area contributed by atoms with Gasteiger partial charge >= 0.3 is 5.97 Å². The number of para-hydroxylation sites is 1. The Morgan fingerprint density at radius 1 is 1.05 bits per heavy atom. The second-order valence-electron chi connectivity index (χ2n) is 9.42. The minimum atomic E-state index is -0.395. The van der Waals surface area contributed by atoms with Crippen molar-refractivity contribution >= 4 is 23.4 Å². The van der Waals surface area contributed by atoms with Gasteiger partial charge in [0.2, 0.25) is 5.89 Å². The fraction of sp³-hybridized carbons (Fsp3) is 0.276. The highest BCUT2D eigenvalue weighted by Gasteiger charge is 2.45. The SMILES string of the molecule is COC(=O)[C@@H]1C[C@@H]2c3ccccc3N[C@H]2[C@@H](c2ccc(OC)c(CSc3nnc(-c4ccccc4)o3)c2)N1. The first-order valence-electron chi connectivity index (χ1n) is 12.5. The van der Waals surface area contributed by atoms with Gasteiger partial charge in [-0.1, -0.05) is 54.2 Å². The number of piperidine rings is 1. The standard InChI is InChI=1S/C29H28N4O4S/c1-35-24-13-12-18(14-19(24)16-38-29-33-32-27(37-29)17-8-4-3-5-9-17)25-26-21(15-23(31-25)28(34)36-2)20-10-6-7-11-22(20)30-26/h3-14,21,23,25-26,30-31H,15-16H2,1-2H3/t21-,23+,25-,26-/m1/s1. The fourth-order valence-corrected chi connectivity index (χ4v) is 6.22. The number of hydrogen-bond acceptors (Lipinski definition) is 9. The summed E-state index contributed by atoms with van der Waals surface area (Å²) in [6.45, 7) is 0. The van der Waals surface area contributed by atoms with Gasteiger partial charge in [-0.05, 0) is 47.9 Å². The van der Waals surface area contributed by atoms with Crippen molar-refractivity contribution in [2.24, 2.45) is 0 Å². The van der Waals surface area contributed by atoms with Crippen LogP contribution in [0.1, 0.15) is 35.1 Å². The number of benzene rings is 3. The Kier molecular flexibility index (Phi) is 6.78. The third kappa shape index (κ3) is 4.63. The Bertz CT molecular complexity index is 1440. The van der Waals surface area contributed by atoms with Crippen molar-refractivity contribution in [3.05, 3.63) is 89.5 Å². The van der Waals surface area contributed by atoms with E-state index in [1.54, 1.807) is 7.11 Å². The minimum absolute atomic E-state index is 0.103. The first-order chi connectivity index (χ1) is 18.6. The number of methoxy groups -OCH3 is 2. The topological polar surface area (TPSA) is 98.5 Å². The van der Waals surface area contributed by atoms with E-state index < -0.39 is 6.04 Å². The minimum Gasteiger partial charge on any atom is -0.496 e. The van der Waals surface area contributed by atoms with Crippen LogP contribution in [0.3, 0.4) is 0 Å². The van der Waals surface area contributed by atoms with E-state index in [1.165, 1.54) is 24.4 Å². The second-order valence-corrected chi connectivity index (χ2v) is 10.3. The van der Waals surface area contributed by atoms with Crippen molar-refractivity contribution in [3.63, 3.8) is 0 Å². The van der Waals surface area contributed by atoms with Crippen LogP contribution in [0.4, 0.5) is 5.69 Å². The summed E-state index contributed by atoms with van der Waals surface area (Å²) in [4.78, 5) is 12.6. The average Bonchev–Trinajstić information content (AvgIpc) is 3.60. The number of thioether (sulfide) groups is 1. The molecular formula is C29H28N4O4S. The highest BCUT2D eigenvalue weighted by Crippen LogP contribution is 2.46. The number of rotatable bonds is 7. The Morgan fingerprint density at radius 3 is 2.68 bits per heavy atom. The van der Waals surface area contributed by atoms with Crippen LogP contribution in [0.15, 0.2) is 82.4 Å². The van der Waals surface area contributed by atoms with Crippen molar-refractivity contribution in [2.45, 2.75) is 41.4 Å². The molecule has 4 aromatic rings. The van der Waals surface area contributed by atoms with E-state index in [2.05, 4.69) is 51.2 Å². The summed E-state index contributed by atoms with van der Waals surface area (Å²) < 4.78 is 16.7. The first-order valence-corrected chi connectivity index (χ1v) is 13.5. The lowest BCUT2D eigenvalue weighted by Gasteiger charge is -2.39. The van der Waals surface area contributed by atoms with E-state index in [0.717, 1.165) is 28.1 Å². The summed E-state index contributed by atoms with van der Waals surface area (Å²) in [6, 6.07) is 23.8. The van der Waals surface area contributed by atoms with E-state index >= 15 is 0 Å². The summed E-state index contributed by atoms with van der Waals surface area (Å²) in [5.41, 5.74) is 5.32. The molecule has 0 saturated carbocycles. The number of carbonyl (C=O) groups excluding carboxylic acids is 1. The molecule has 194 valence electrons. The van der Waals surface area contributed by atoms with Crippen LogP contribution in [0.5, 0.6) is 5.75 Å². The van der Waals surface area contributed by atoms with E-state index in [-0.39, 0.29) is 24.0 Å². The highest BCUT2D eigenvalue weighted by molar-refractivity contribution is 7.98. The number of ether oxygens (including phenoxy) is 2. The zero-order valence-corrected chi connectivity index (χ0v) is 21.9. The summed E-state index contributed by atoms with van der Waals surface area (Å²) in [7, 11) is 3.11. The quantitative estimate of drug-likeness (QED) is 0.248. The number of hydrogen-bond donors (Lipinski definition) is 2. The number of nitrogens with zero attached hydrogens (tertiary/aromatic N) is 2. The van der Waals surface area contributed by atoms with Gasteiger partial charge in [0.05, 0.1) is 26.3 Å². The zero-order valence-electron chi connectivity index (χ0n) is 21.1. The molecule has 0 amide bonds. The van der Waals surface area contributed by atoms with Crippen molar-refractivity contribution in [1.29, 1.82) is 0 Å². The molecule has 6 rings (SSSR count). The molecule has 1 saturated heterocycles. The van der Waals surface area contributed by atoms with E-state index in [4.69, 9.17) is 13.9 Å². The molecule has 3 aromatic carbocycles. The van der Waals surface area contributed by atoms with Crippen molar-refractivity contribution in [2.75, 3.05) is 19.5 Å². The number of anilines is 1. The Balaban J connectivity index is 1.26. The van der Waals surface area contributed by atoms with Gasteiger partial charge in [-0.15, -0.1) is 10.2 Å². The molecule has 2 aliphatic rings. The third-order valence-corrected chi connectivity index (χ3v) is 8.14. The summed E-state index contributed by atoms with van der Waals surface area (Å²) in [5, 5.41) is 16.2. The van der Waals surface area contributed by atoms with Gasteiger partial charge in [0.1, 0.15) is 11.8 Å². The van der Waals surface area contributed by atoms with Gasteiger partial charge in [0.15, 0.2) is 0 Å². The van der Waals surface area contributed by atoms with Crippen LogP contribution in [0, 0.1) is 0 Å². The van der Waals surface area contributed by atoms with Gasteiger partial charge in [-0.2, -0.15) is 0 Å². The number of esters is 1. The molecule has 3 heterocycles. The van der Waals surface area contributed by atoms with Gasteiger partial charge in [-0.3, -0.25) is 10.1 Å².